The normalized spacial score (nSPS) is 13.9. The van der Waals surface area contributed by atoms with Crippen LogP contribution in [0.5, 0.6) is 0 Å². The molecule has 10 heteroatoms. The van der Waals surface area contributed by atoms with Crippen LogP contribution in [-0.2, 0) is 10.0 Å². The van der Waals surface area contributed by atoms with Crippen molar-refractivity contribution in [1.29, 1.82) is 0 Å². The number of sulfonamides is 1. The molecule has 1 aliphatic rings. The van der Waals surface area contributed by atoms with Crippen LogP contribution in [0.2, 0.25) is 0 Å². The summed E-state index contributed by atoms with van der Waals surface area (Å²) in [6.07, 6.45) is 0. The molecule has 30 heavy (non-hydrogen) atoms. The van der Waals surface area contributed by atoms with Crippen LogP contribution in [-0.4, -0.2) is 25.0 Å². The van der Waals surface area contributed by atoms with Crippen molar-refractivity contribution in [3.8, 4) is 0 Å². The van der Waals surface area contributed by atoms with Gasteiger partial charge in [-0.3, -0.25) is 14.3 Å². The van der Waals surface area contributed by atoms with Crippen molar-refractivity contribution in [3.05, 3.63) is 81.5 Å². The van der Waals surface area contributed by atoms with Gasteiger partial charge in [-0.25, -0.2) is 13.4 Å². The molecule has 2 N–H and O–H groups in total. The van der Waals surface area contributed by atoms with Crippen molar-refractivity contribution in [3.63, 3.8) is 0 Å². The highest BCUT2D eigenvalue weighted by Gasteiger charge is 2.31. The number of Topliss-reactive ketones (excluding diaryl/α,β-unsaturated/α-hetero) is 2. The monoisotopic (exact) mass is 459 g/mol. The molecule has 1 heterocycles. The van der Waals surface area contributed by atoms with Crippen LogP contribution in [0.4, 0.5) is 10.8 Å². The van der Waals surface area contributed by atoms with Gasteiger partial charge in [0.15, 0.2) is 5.13 Å². The minimum atomic E-state index is -3.81. The number of thiazole rings is 1. The molecule has 0 fully saturated rings. The van der Waals surface area contributed by atoms with E-state index in [0.29, 0.717) is 5.69 Å². The number of carbonyl (C=O) groups excluding carboxylic acids is 2. The minimum absolute atomic E-state index is 0.0253. The van der Waals surface area contributed by atoms with Crippen molar-refractivity contribution in [2.24, 2.45) is 0 Å². The van der Waals surface area contributed by atoms with Crippen LogP contribution >= 0.6 is 22.9 Å². The Morgan fingerprint density at radius 3 is 2.20 bits per heavy atom. The SMILES string of the molecule is Cc1csc(NS(=O)(=O)c2ccc(NC3=C(Cl)C(=O)c4ccccc4C3=O)cc2)n1. The van der Waals surface area contributed by atoms with Gasteiger partial charge in [0, 0.05) is 22.2 Å². The summed E-state index contributed by atoms with van der Waals surface area (Å²) in [6.45, 7) is 1.77. The Morgan fingerprint density at radius 2 is 1.60 bits per heavy atom. The molecule has 7 nitrogen and oxygen atoms in total. The molecule has 0 unspecified atom stereocenters. The van der Waals surface area contributed by atoms with E-state index in [2.05, 4.69) is 15.0 Å². The van der Waals surface area contributed by atoms with Crippen LogP contribution < -0.4 is 10.0 Å². The molecule has 0 saturated heterocycles. The van der Waals surface area contributed by atoms with Gasteiger partial charge < -0.3 is 5.32 Å². The number of rotatable bonds is 5. The van der Waals surface area contributed by atoms with Crippen molar-refractivity contribution < 1.29 is 18.0 Å². The van der Waals surface area contributed by atoms with Crippen LogP contribution in [0.3, 0.4) is 0 Å². The number of nitrogens with zero attached hydrogens (tertiary/aromatic N) is 1. The first-order chi connectivity index (χ1) is 14.3. The lowest BCUT2D eigenvalue weighted by Gasteiger charge is -2.19. The number of carbonyl (C=O) groups is 2. The third-order valence-electron chi connectivity index (χ3n) is 4.34. The molecule has 0 aliphatic heterocycles. The number of aromatic nitrogens is 1. The highest BCUT2D eigenvalue weighted by Crippen LogP contribution is 2.30. The molecule has 3 aromatic rings. The Morgan fingerprint density at radius 1 is 0.967 bits per heavy atom. The first-order valence-electron chi connectivity index (χ1n) is 8.66. The van der Waals surface area contributed by atoms with Gasteiger partial charge in [0.2, 0.25) is 11.6 Å². The Kier molecular flexibility index (Phi) is 5.19. The van der Waals surface area contributed by atoms with Crippen LogP contribution in [0.25, 0.3) is 0 Å². The third-order valence-corrected chi connectivity index (χ3v) is 7.06. The van der Waals surface area contributed by atoms with E-state index in [4.69, 9.17) is 11.6 Å². The molecular weight excluding hydrogens is 446 g/mol. The molecule has 0 saturated carbocycles. The maximum Gasteiger partial charge on any atom is 0.263 e. The number of nitrogens with one attached hydrogen (secondary N) is 2. The van der Waals surface area contributed by atoms with Gasteiger partial charge in [-0.2, -0.15) is 0 Å². The van der Waals surface area contributed by atoms with Crippen LogP contribution in [0.1, 0.15) is 26.4 Å². The van der Waals surface area contributed by atoms with Crippen molar-refractivity contribution in [1.82, 2.24) is 4.98 Å². The molecule has 0 amide bonds. The van der Waals surface area contributed by atoms with Gasteiger partial charge in [-0.15, -0.1) is 11.3 Å². The quantitative estimate of drug-likeness (QED) is 0.592. The maximum absolute atomic E-state index is 12.7. The fourth-order valence-electron chi connectivity index (χ4n) is 2.89. The molecule has 1 aliphatic carbocycles. The minimum Gasteiger partial charge on any atom is -0.351 e. The second kappa shape index (κ2) is 7.67. The molecule has 0 atom stereocenters. The second-order valence-electron chi connectivity index (χ2n) is 6.44. The van der Waals surface area contributed by atoms with E-state index < -0.39 is 21.6 Å². The van der Waals surface area contributed by atoms with Crippen LogP contribution in [0.15, 0.2) is 69.5 Å². The summed E-state index contributed by atoms with van der Waals surface area (Å²) >= 11 is 7.33. The van der Waals surface area contributed by atoms with E-state index in [9.17, 15) is 18.0 Å². The predicted molar refractivity (Wildman–Crippen MR) is 116 cm³/mol. The zero-order valence-electron chi connectivity index (χ0n) is 15.5. The van der Waals surface area contributed by atoms with E-state index in [-0.39, 0.29) is 31.9 Å². The first-order valence-corrected chi connectivity index (χ1v) is 11.4. The fraction of sp³-hybridized carbons (Fsp3) is 0.0500. The number of anilines is 2. The smallest absolute Gasteiger partial charge is 0.263 e. The molecule has 0 radical (unpaired) electrons. The first kappa shape index (κ1) is 20.3. The summed E-state index contributed by atoms with van der Waals surface area (Å²) in [6, 6.07) is 12.2. The van der Waals surface area contributed by atoms with Gasteiger partial charge in [-0.05, 0) is 31.2 Å². The van der Waals surface area contributed by atoms with Gasteiger partial charge in [0.05, 0.1) is 10.6 Å². The Labute approximate surface area is 181 Å². The summed E-state index contributed by atoms with van der Waals surface area (Å²) < 4.78 is 27.4. The number of hydrogen-bond donors (Lipinski definition) is 2. The molecule has 1 aromatic heterocycles. The second-order valence-corrected chi connectivity index (χ2v) is 9.36. The van der Waals surface area contributed by atoms with Crippen molar-refractivity contribution in [2.45, 2.75) is 11.8 Å². The van der Waals surface area contributed by atoms with E-state index in [1.807, 2.05) is 0 Å². The maximum atomic E-state index is 12.7. The van der Waals surface area contributed by atoms with Gasteiger partial charge in [0.25, 0.3) is 10.0 Å². The molecule has 4 rings (SSSR count). The number of ketones is 2. The lowest BCUT2D eigenvalue weighted by Crippen LogP contribution is -2.24. The Bertz CT molecular complexity index is 1310. The lowest BCUT2D eigenvalue weighted by atomic mass is 9.92. The molecule has 2 aromatic carbocycles. The van der Waals surface area contributed by atoms with E-state index in [0.717, 1.165) is 5.69 Å². The number of benzene rings is 2. The zero-order valence-corrected chi connectivity index (χ0v) is 17.9. The van der Waals surface area contributed by atoms with E-state index in [1.165, 1.54) is 35.6 Å². The van der Waals surface area contributed by atoms with Crippen molar-refractivity contribution >= 4 is 55.3 Å². The average Bonchev–Trinajstić information content (AvgIpc) is 3.13. The number of halogens is 1. The standard InChI is InChI=1S/C20H14ClN3O4S2/c1-11-10-29-20(22-11)24-30(27,28)13-8-6-12(7-9-13)23-17-16(21)18(25)14-4-2-3-5-15(14)19(17)26/h2-10,23H,1H3,(H,22,24). The number of fused-ring (bicyclic) bond motifs is 1. The predicted octanol–water partition coefficient (Wildman–Crippen LogP) is 4.19. The Hall–Kier alpha value is -3.01. The van der Waals surface area contributed by atoms with E-state index >= 15 is 0 Å². The van der Waals surface area contributed by atoms with Crippen LogP contribution in [0, 0.1) is 6.92 Å². The zero-order chi connectivity index (χ0) is 21.5. The third kappa shape index (κ3) is 3.74. The highest BCUT2D eigenvalue weighted by molar-refractivity contribution is 7.93. The van der Waals surface area contributed by atoms with E-state index in [1.54, 1.807) is 36.6 Å². The number of aryl methyl sites for hydroxylation is 1. The molecule has 152 valence electrons. The molecule has 0 spiro atoms. The largest absolute Gasteiger partial charge is 0.351 e. The summed E-state index contributed by atoms with van der Waals surface area (Å²) in [7, 11) is -3.81. The van der Waals surface area contributed by atoms with Gasteiger partial charge in [0.1, 0.15) is 10.7 Å². The lowest BCUT2D eigenvalue weighted by molar-refractivity contribution is 0.0982. The highest BCUT2D eigenvalue weighted by atomic mass is 35.5. The topological polar surface area (TPSA) is 105 Å². The molecular formula is C20H14ClN3O4S2. The summed E-state index contributed by atoms with van der Waals surface area (Å²) in [4.78, 5) is 29.3. The summed E-state index contributed by atoms with van der Waals surface area (Å²) in [5.41, 5.74) is 1.59. The van der Waals surface area contributed by atoms with Crippen molar-refractivity contribution in [2.75, 3.05) is 10.0 Å². The summed E-state index contributed by atoms with van der Waals surface area (Å²) in [5.74, 6) is -0.857. The number of allylic oxidation sites excluding steroid dienone is 2. The molecule has 0 bridgehead atoms. The fourth-order valence-corrected chi connectivity index (χ4v) is 5.07. The number of hydrogen-bond acceptors (Lipinski definition) is 7. The van der Waals surface area contributed by atoms with Gasteiger partial charge >= 0.3 is 0 Å². The summed E-state index contributed by atoms with van der Waals surface area (Å²) in [5, 5.41) is 4.64. The van der Waals surface area contributed by atoms with Gasteiger partial charge in [-0.1, -0.05) is 35.9 Å². The average molecular weight is 460 g/mol. The Balaban J connectivity index is 1.57.